The Balaban J connectivity index is 1.68. The highest BCUT2D eigenvalue weighted by Crippen LogP contribution is 2.22. The van der Waals surface area contributed by atoms with Gasteiger partial charge in [-0.15, -0.1) is 0 Å². The minimum Gasteiger partial charge on any atom is -0.368 e. The zero-order valence-electron chi connectivity index (χ0n) is 13.0. The lowest BCUT2D eigenvalue weighted by Crippen LogP contribution is -2.46. The number of anilines is 2. The van der Waals surface area contributed by atoms with Gasteiger partial charge in [0.1, 0.15) is 11.8 Å². The first-order valence-corrected chi connectivity index (χ1v) is 9.01. The number of hydrogen-bond donors (Lipinski definition) is 1. The highest BCUT2D eigenvalue weighted by molar-refractivity contribution is 7.89. The maximum atomic E-state index is 11.3. The van der Waals surface area contributed by atoms with Crippen LogP contribution in [0, 0.1) is 11.3 Å². The summed E-state index contributed by atoms with van der Waals surface area (Å²) < 4.78 is 22.6. The van der Waals surface area contributed by atoms with E-state index in [9.17, 15) is 8.42 Å². The summed E-state index contributed by atoms with van der Waals surface area (Å²) in [6, 6.07) is 12.3. The Morgan fingerprint density at radius 2 is 1.58 bits per heavy atom. The minimum absolute atomic E-state index is 0.116. The molecule has 0 spiro atoms. The van der Waals surface area contributed by atoms with Crippen LogP contribution in [0.25, 0.3) is 0 Å². The van der Waals surface area contributed by atoms with Crippen LogP contribution in [0.3, 0.4) is 0 Å². The predicted octanol–water partition coefficient (Wildman–Crippen LogP) is 0.927. The molecule has 1 fully saturated rings. The van der Waals surface area contributed by atoms with Crippen molar-refractivity contribution < 1.29 is 8.42 Å². The Hall–Kier alpha value is -2.63. The van der Waals surface area contributed by atoms with Gasteiger partial charge in [0.05, 0.1) is 4.90 Å². The summed E-state index contributed by atoms with van der Waals surface area (Å²) in [7, 11) is -3.66. The van der Waals surface area contributed by atoms with Gasteiger partial charge in [0.2, 0.25) is 10.0 Å². The van der Waals surface area contributed by atoms with Gasteiger partial charge >= 0.3 is 0 Å². The van der Waals surface area contributed by atoms with Gasteiger partial charge in [-0.25, -0.2) is 18.5 Å². The molecule has 2 N–H and O–H groups in total. The first-order chi connectivity index (χ1) is 11.5. The van der Waals surface area contributed by atoms with Crippen molar-refractivity contribution in [2.45, 2.75) is 4.90 Å². The molecule has 24 heavy (non-hydrogen) atoms. The lowest BCUT2D eigenvalue weighted by molar-refractivity contribution is 0.597. The van der Waals surface area contributed by atoms with Crippen LogP contribution >= 0.6 is 0 Å². The normalized spacial score (nSPS) is 15.2. The number of primary sulfonamides is 1. The first kappa shape index (κ1) is 16.2. The second kappa shape index (κ2) is 6.47. The highest BCUT2D eigenvalue weighted by Gasteiger charge is 2.18. The molecule has 0 amide bonds. The van der Waals surface area contributed by atoms with Gasteiger partial charge in [0, 0.05) is 43.8 Å². The Labute approximate surface area is 141 Å². The van der Waals surface area contributed by atoms with Crippen molar-refractivity contribution in [3.05, 3.63) is 48.3 Å². The second-order valence-electron chi connectivity index (χ2n) is 5.52. The van der Waals surface area contributed by atoms with Crippen molar-refractivity contribution in [1.29, 1.82) is 5.26 Å². The summed E-state index contributed by atoms with van der Waals surface area (Å²) in [5, 5.41) is 14.1. The average molecular weight is 343 g/mol. The van der Waals surface area contributed by atoms with E-state index in [1.54, 1.807) is 24.4 Å². The van der Waals surface area contributed by atoms with E-state index in [1.807, 2.05) is 6.07 Å². The van der Waals surface area contributed by atoms with Gasteiger partial charge in [0.15, 0.2) is 0 Å². The molecule has 0 atom stereocenters. The van der Waals surface area contributed by atoms with Crippen LogP contribution in [0.4, 0.5) is 11.4 Å². The Bertz CT molecular complexity index is 866. The average Bonchev–Trinajstić information content (AvgIpc) is 2.61. The van der Waals surface area contributed by atoms with Gasteiger partial charge in [0.25, 0.3) is 0 Å². The number of nitriles is 1. The molecule has 2 aromatic rings. The maximum Gasteiger partial charge on any atom is 0.238 e. The van der Waals surface area contributed by atoms with Crippen molar-refractivity contribution in [1.82, 2.24) is 4.98 Å². The summed E-state index contributed by atoms with van der Waals surface area (Å²) in [6.45, 7) is 3.23. The molecule has 8 heteroatoms. The lowest BCUT2D eigenvalue weighted by atomic mass is 10.2. The number of benzene rings is 1. The van der Waals surface area contributed by atoms with E-state index in [-0.39, 0.29) is 4.90 Å². The fraction of sp³-hybridized carbons (Fsp3) is 0.250. The predicted molar refractivity (Wildman–Crippen MR) is 91.2 cm³/mol. The number of rotatable bonds is 3. The number of nitrogens with two attached hydrogens (primary N) is 1. The zero-order valence-corrected chi connectivity index (χ0v) is 13.8. The molecule has 1 aromatic carbocycles. The standard InChI is InChI=1S/C16H17N5O2S/c17-12-13-11-15(5-6-19-13)21-9-7-20(8-10-21)14-1-3-16(4-2-14)24(18,22)23/h1-6,11H,7-10H2,(H2,18,22,23). The fourth-order valence-corrected chi connectivity index (χ4v) is 3.26. The molecular formula is C16H17N5O2S. The third kappa shape index (κ3) is 3.48. The highest BCUT2D eigenvalue weighted by atomic mass is 32.2. The van der Waals surface area contributed by atoms with E-state index in [0.717, 1.165) is 37.6 Å². The molecule has 1 aromatic heterocycles. The SMILES string of the molecule is N#Cc1cc(N2CCN(c3ccc(S(N)(=O)=O)cc3)CC2)ccn1. The Kier molecular flexibility index (Phi) is 4.38. The zero-order chi connectivity index (χ0) is 17.2. The van der Waals surface area contributed by atoms with E-state index in [4.69, 9.17) is 10.4 Å². The molecule has 0 unspecified atom stereocenters. The summed E-state index contributed by atoms with van der Waals surface area (Å²) >= 11 is 0. The van der Waals surface area contributed by atoms with Crippen LogP contribution in [0.2, 0.25) is 0 Å². The molecule has 2 heterocycles. The third-order valence-corrected chi connectivity index (χ3v) is 4.96. The van der Waals surface area contributed by atoms with E-state index in [0.29, 0.717) is 5.69 Å². The van der Waals surface area contributed by atoms with Crippen molar-refractivity contribution in [2.75, 3.05) is 36.0 Å². The Morgan fingerprint density at radius 3 is 2.12 bits per heavy atom. The topological polar surface area (TPSA) is 103 Å². The van der Waals surface area contributed by atoms with Crippen molar-refractivity contribution >= 4 is 21.4 Å². The van der Waals surface area contributed by atoms with Crippen LogP contribution in [0.1, 0.15) is 5.69 Å². The molecule has 0 saturated carbocycles. The van der Waals surface area contributed by atoms with E-state index < -0.39 is 10.0 Å². The Morgan fingerprint density at radius 1 is 1.00 bits per heavy atom. The molecule has 3 rings (SSSR count). The number of nitrogens with zero attached hydrogens (tertiary/aromatic N) is 4. The fourth-order valence-electron chi connectivity index (χ4n) is 2.75. The molecule has 1 aliphatic heterocycles. The largest absolute Gasteiger partial charge is 0.368 e. The van der Waals surface area contributed by atoms with E-state index in [1.165, 1.54) is 12.1 Å². The minimum atomic E-state index is -3.66. The summed E-state index contributed by atoms with van der Waals surface area (Å²) in [4.78, 5) is 8.50. The van der Waals surface area contributed by atoms with E-state index in [2.05, 4.69) is 20.9 Å². The summed E-state index contributed by atoms with van der Waals surface area (Å²) in [5.74, 6) is 0. The summed E-state index contributed by atoms with van der Waals surface area (Å²) in [6.07, 6.45) is 1.65. The van der Waals surface area contributed by atoms with Gasteiger partial charge in [-0.2, -0.15) is 5.26 Å². The third-order valence-electron chi connectivity index (χ3n) is 4.03. The van der Waals surface area contributed by atoms with Crippen molar-refractivity contribution in [3.63, 3.8) is 0 Å². The second-order valence-corrected chi connectivity index (χ2v) is 7.09. The number of sulfonamides is 1. The number of hydrogen-bond acceptors (Lipinski definition) is 6. The van der Waals surface area contributed by atoms with Gasteiger partial charge in [-0.05, 0) is 36.4 Å². The lowest BCUT2D eigenvalue weighted by Gasteiger charge is -2.37. The molecule has 0 bridgehead atoms. The van der Waals surface area contributed by atoms with Crippen LogP contribution in [0.5, 0.6) is 0 Å². The molecule has 124 valence electrons. The van der Waals surface area contributed by atoms with Crippen LogP contribution in [-0.4, -0.2) is 39.6 Å². The number of pyridine rings is 1. The first-order valence-electron chi connectivity index (χ1n) is 7.46. The van der Waals surface area contributed by atoms with Gasteiger partial charge in [-0.1, -0.05) is 0 Å². The van der Waals surface area contributed by atoms with E-state index >= 15 is 0 Å². The molecule has 1 saturated heterocycles. The number of piperazine rings is 1. The molecule has 1 aliphatic rings. The smallest absolute Gasteiger partial charge is 0.238 e. The summed E-state index contributed by atoms with van der Waals surface area (Å²) in [5.41, 5.74) is 2.37. The van der Waals surface area contributed by atoms with Crippen LogP contribution in [-0.2, 0) is 10.0 Å². The molecule has 7 nitrogen and oxygen atoms in total. The quantitative estimate of drug-likeness (QED) is 0.889. The molecular weight excluding hydrogens is 326 g/mol. The van der Waals surface area contributed by atoms with Gasteiger partial charge in [-0.3, -0.25) is 0 Å². The van der Waals surface area contributed by atoms with Crippen LogP contribution < -0.4 is 14.9 Å². The molecule has 0 radical (unpaired) electrons. The van der Waals surface area contributed by atoms with Crippen LogP contribution in [0.15, 0.2) is 47.5 Å². The molecule has 0 aliphatic carbocycles. The van der Waals surface area contributed by atoms with Gasteiger partial charge < -0.3 is 9.80 Å². The van der Waals surface area contributed by atoms with Crippen molar-refractivity contribution in [2.24, 2.45) is 5.14 Å². The van der Waals surface area contributed by atoms with Crippen molar-refractivity contribution in [3.8, 4) is 6.07 Å². The number of aromatic nitrogens is 1. The maximum absolute atomic E-state index is 11.3. The monoisotopic (exact) mass is 343 g/mol.